The van der Waals surface area contributed by atoms with Gasteiger partial charge in [-0.3, -0.25) is 4.79 Å². The molecule has 0 unspecified atom stereocenters. The molecule has 0 saturated carbocycles. The van der Waals surface area contributed by atoms with Crippen molar-refractivity contribution >= 4 is 11.9 Å². The van der Waals surface area contributed by atoms with E-state index in [1.165, 1.54) is 18.2 Å². The third kappa shape index (κ3) is 6.02. The molecule has 2 aromatic carbocycles. The summed E-state index contributed by atoms with van der Waals surface area (Å²) in [4.78, 5) is 12.4. The second-order valence-electron chi connectivity index (χ2n) is 7.07. The molecule has 0 heterocycles. The maximum atomic E-state index is 12.4. The molecule has 1 N–H and O–H groups in total. The van der Waals surface area contributed by atoms with Gasteiger partial charge in [-0.15, -0.1) is 6.58 Å². The number of phenols is 1. The molecule has 4 heteroatoms. The fourth-order valence-corrected chi connectivity index (χ4v) is 2.69. The van der Waals surface area contributed by atoms with Crippen molar-refractivity contribution < 1.29 is 19.4 Å². The molecule has 0 atom stereocenters. The first kappa shape index (κ1) is 21.3. The lowest BCUT2D eigenvalue weighted by atomic mass is 10.0. The van der Waals surface area contributed by atoms with Gasteiger partial charge in [-0.05, 0) is 82.2 Å². The Morgan fingerprint density at radius 3 is 2.04 bits per heavy atom. The summed E-state index contributed by atoms with van der Waals surface area (Å²) in [5.41, 5.74) is 2.26. The third-order valence-electron chi connectivity index (χ3n) is 3.84. The van der Waals surface area contributed by atoms with Crippen molar-refractivity contribution in [3.8, 4) is 17.2 Å². The molecule has 0 spiro atoms. The SMILES string of the molecule is C=CCc1c(OC(C)C)cc(/C=C/C(=O)c2ccc(O)cc2)cc1OC(C)C. The largest absolute Gasteiger partial charge is 0.508 e. The number of carbonyl (C=O) groups is 1. The molecule has 0 amide bonds. The van der Waals surface area contributed by atoms with Gasteiger partial charge in [0, 0.05) is 11.1 Å². The summed E-state index contributed by atoms with van der Waals surface area (Å²) in [5.74, 6) is 1.44. The highest BCUT2D eigenvalue weighted by Gasteiger charge is 2.14. The van der Waals surface area contributed by atoms with E-state index in [0.717, 1.165) is 22.6 Å². The average molecular weight is 380 g/mol. The number of ether oxygens (including phenoxy) is 2. The molecule has 0 aliphatic carbocycles. The van der Waals surface area contributed by atoms with Crippen molar-refractivity contribution in [3.05, 3.63) is 71.8 Å². The summed E-state index contributed by atoms with van der Waals surface area (Å²) in [6.45, 7) is 11.7. The molecule has 2 aromatic rings. The smallest absolute Gasteiger partial charge is 0.185 e. The summed E-state index contributed by atoms with van der Waals surface area (Å²) >= 11 is 0. The minimum Gasteiger partial charge on any atom is -0.508 e. The zero-order valence-corrected chi connectivity index (χ0v) is 16.9. The lowest BCUT2D eigenvalue weighted by molar-refractivity contribution is 0.104. The van der Waals surface area contributed by atoms with Crippen LogP contribution < -0.4 is 9.47 Å². The molecule has 4 nitrogen and oxygen atoms in total. The van der Waals surface area contributed by atoms with Crippen LogP contribution in [0.15, 0.2) is 55.1 Å². The van der Waals surface area contributed by atoms with Crippen LogP contribution in [0.4, 0.5) is 0 Å². The van der Waals surface area contributed by atoms with Crippen molar-refractivity contribution in [1.82, 2.24) is 0 Å². The Kier molecular flexibility index (Phi) is 7.44. The Morgan fingerprint density at radius 2 is 1.57 bits per heavy atom. The van der Waals surface area contributed by atoms with Crippen LogP contribution in [0.2, 0.25) is 0 Å². The lowest BCUT2D eigenvalue weighted by Crippen LogP contribution is -2.11. The van der Waals surface area contributed by atoms with Crippen molar-refractivity contribution in [2.75, 3.05) is 0 Å². The molecule has 0 fully saturated rings. The number of carbonyl (C=O) groups excluding carboxylic acids is 1. The first-order valence-electron chi connectivity index (χ1n) is 9.42. The lowest BCUT2D eigenvalue weighted by Gasteiger charge is -2.20. The van der Waals surface area contributed by atoms with Crippen LogP contribution in [-0.2, 0) is 6.42 Å². The summed E-state index contributed by atoms with van der Waals surface area (Å²) in [6, 6.07) is 9.99. The number of hydrogen-bond acceptors (Lipinski definition) is 4. The summed E-state index contributed by atoms with van der Waals surface area (Å²) in [7, 11) is 0. The number of hydrogen-bond donors (Lipinski definition) is 1. The maximum absolute atomic E-state index is 12.4. The first-order valence-corrected chi connectivity index (χ1v) is 9.42. The van der Waals surface area contributed by atoms with Crippen molar-refractivity contribution in [2.24, 2.45) is 0 Å². The maximum Gasteiger partial charge on any atom is 0.185 e. The van der Waals surface area contributed by atoms with E-state index in [-0.39, 0.29) is 23.7 Å². The Balaban J connectivity index is 2.40. The second kappa shape index (κ2) is 9.79. The van der Waals surface area contributed by atoms with E-state index in [1.54, 1.807) is 18.2 Å². The Bertz CT molecular complexity index is 814. The van der Waals surface area contributed by atoms with E-state index >= 15 is 0 Å². The van der Waals surface area contributed by atoms with Gasteiger partial charge in [-0.1, -0.05) is 12.2 Å². The molecular formula is C24H28O4. The summed E-state index contributed by atoms with van der Waals surface area (Å²) < 4.78 is 12.0. The van der Waals surface area contributed by atoms with Gasteiger partial charge in [0.05, 0.1) is 12.2 Å². The molecule has 0 radical (unpaired) electrons. The molecule has 0 aromatic heterocycles. The van der Waals surface area contributed by atoms with Crippen LogP contribution in [-0.4, -0.2) is 23.1 Å². The quantitative estimate of drug-likeness (QED) is 0.350. The van der Waals surface area contributed by atoms with Gasteiger partial charge in [0.2, 0.25) is 0 Å². The minimum absolute atomic E-state index is 0.00771. The predicted molar refractivity (Wildman–Crippen MR) is 113 cm³/mol. The van der Waals surface area contributed by atoms with Crippen LogP contribution in [0.1, 0.15) is 49.2 Å². The predicted octanol–water partition coefficient (Wildman–Crippen LogP) is 5.59. The highest BCUT2D eigenvalue weighted by Crippen LogP contribution is 2.33. The Hall–Kier alpha value is -3.01. The van der Waals surface area contributed by atoms with Gasteiger partial charge in [0.25, 0.3) is 0 Å². The monoisotopic (exact) mass is 380 g/mol. The van der Waals surface area contributed by atoms with Crippen LogP contribution >= 0.6 is 0 Å². The van der Waals surface area contributed by atoms with Crippen LogP contribution in [0.5, 0.6) is 17.2 Å². The fraction of sp³-hybridized carbons (Fsp3) is 0.292. The molecule has 28 heavy (non-hydrogen) atoms. The number of phenolic OH excluding ortho intramolecular Hbond substituents is 1. The van der Waals surface area contributed by atoms with E-state index in [0.29, 0.717) is 12.0 Å². The highest BCUT2D eigenvalue weighted by atomic mass is 16.5. The number of ketones is 1. The van der Waals surface area contributed by atoms with Crippen molar-refractivity contribution in [2.45, 2.75) is 46.3 Å². The molecule has 0 bridgehead atoms. The van der Waals surface area contributed by atoms with Gasteiger partial charge in [-0.2, -0.15) is 0 Å². The van der Waals surface area contributed by atoms with E-state index in [4.69, 9.17) is 9.47 Å². The van der Waals surface area contributed by atoms with Gasteiger partial charge in [0.1, 0.15) is 17.2 Å². The standard InChI is InChI=1S/C24H28O4/c1-6-7-21-23(27-16(2)3)14-18(15-24(21)28-17(4)5)8-13-22(26)19-9-11-20(25)12-10-19/h6,8-17,25H,1,7H2,2-5H3/b13-8+. The van der Waals surface area contributed by atoms with Crippen molar-refractivity contribution in [3.63, 3.8) is 0 Å². The van der Waals surface area contributed by atoms with Crippen molar-refractivity contribution in [1.29, 1.82) is 0 Å². The number of rotatable bonds is 9. The number of allylic oxidation sites excluding steroid dienone is 2. The number of benzene rings is 2. The number of aromatic hydroxyl groups is 1. The van der Waals surface area contributed by atoms with Crippen LogP contribution in [0.25, 0.3) is 6.08 Å². The highest BCUT2D eigenvalue weighted by molar-refractivity contribution is 6.06. The zero-order valence-electron chi connectivity index (χ0n) is 16.9. The molecule has 0 aliphatic rings. The van der Waals surface area contributed by atoms with Crippen LogP contribution in [0.3, 0.4) is 0 Å². The topological polar surface area (TPSA) is 55.8 Å². The van der Waals surface area contributed by atoms with E-state index in [1.807, 2.05) is 45.9 Å². The van der Waals surface area contributed by atoms with E-state index < -0.39 is 0 Å². The third-order valence-corrected chi connectivity index (χ3v) is 3.84. The molecule has 0 aliphatic heterocycles. The summed E-state index contributed by atoms with van der Waals surface area (Å²) in [5, 5.41) is 9.36. The van der Waals surface area contributed by atoms with Gasteiger partial charge < -0.3 is 14.6 Å². The van der Waals surface area contributed by atoms with Gasteiger partial charge in [-0.25, -0.2) is 0 Å². The summed E-state index contributed by atoms with van der Waals surface area (Å²) in [6.07, 6.45) is 5.71. The minimum atomic E-state index is -0.146. The molecular weight excluding hydrogens is 352 g/mol. The normalized spacial score (nSPS) is 11.2. The fourth-order valence-electron chi connectivity index (χ4n) is 2.69. The average Bonchev–Trinajstić information content (AvgIpc) is 2.62. The molecule has 148 valence electrons. The first-order chi connectivity index (χ1) is 13.3. The molecule has 0 saturated heterocycles. The Morgan fingerprint density at radius 1 is 1.04 bits per heavy atom. The van der Waals surface area contributed by atoms with E-state index in [9.17, 15) is 9.90 Å². The molecule has 2 rings (SSSR count). The van der Waals surface area contributed by atoms with Gasteiger partial charge in [0.15, 0.2) is 5.78 Å². The zero-order chi connectivity index (χ0) is 20.7. The van der Waals surface area contributed by atoms with Crippen LogP contribution in [0, 0.1) is 0 Å². The second-order valence-corrected chi connectivity index (χ2v) is 7.07. The van der Waals surface area contributed by atoms with Gasteiger partial charge >= 0.3 is 0 Å². The Labute approximate surface area is 167 Å². The van der Waals surface area contributed by atoms with E-state index in [2.05, 4.69) is 6.58 Å².